The lowest BCUT2D eigenvalue weighted by Gasteiger charge is -2.25. The van der Waals surface area contributed by atoms with E-state index in [1.54, 1.807) is 24.3 Å². The summed E-state index contributed by atoms with van der Waals surface area (Å²) < 4.78 is 27.8. The van der Waals surface area contributed by atoms with Crippen molar-refractivity contribution in [2.75, 3.05) is 6.54 Å². The molecule has 0 N–H and O–H groups in total. The Kier molecular flexibility index (Phi) is 5.01. The van der Waals surface area contributed by atoms with Gasteiger partial charge in [-0.05, 0) is 48.2 Å². The zero-order valence-corrected chi connectivity index (χ0v) is 17.3. The lowest BCUT2D eigenvalue weighted by molar-refractivity contribution is -0.125. The zero-order chi connectivity index (χ0) is 20.6. The Hall–Kier alpha value is -2.92. The third-order valence-electron chi connectivity index (χ3n) is 5.59. The van der Waals surface area contributed by atoms with Crippen LogP contribution >= 0.6 is 0 Å². The third-order valence-corrected chi connectivity index (χ3v) is 7.39. The number of hydrogen-bond acceptors (Lipinski definition) is 3. The standard InChI is InChI=1S/C24H23NO3S/c1-17-11-13-20(14-12-17)29(27,28)25-16-23(19-8-4-3-5-9-19)21-10-6-7-18(2)22(21)15-24(25)26/h3-14,23H,15-16H2,1-2H3. The third kappa shape index (κ3) is 3.58. The molecule has 1 aliphatic heterocycles. The van der Waals surface area contributed by atoms with Crippen molar-refractivity contribution in [2.45, 2.75) is 31.1 Å². The van der Waals surface area contributed by atoms with Crippen molar-refractivity contribution in [1.29, 1.82) is 0 Å². The summed E-state index contributed by atoms with van der Waals surface area (Å²) in [5.41, 5.74) is 4.92. The topological polar surface area (TPSA) is 54.5 Å². The predicted octanol–water partition coefficient (Wildman–Crippen LogP) is 4.21. The summed E-state index contributed by atoms with van der Waals surface area (Å²) in [6.45, 7) is 3.96. The van der Waals surface area contributed by atoms with Crippen molar-refractivity contribution < 1.29 is 13.2 Å². The molecule has 0 fully saturated rings. The average Bonchev–Trinajstić information content (AvgIpc) is 2.86. The highest BCUT2D eigenvalue weighted by Gasteiger charge is 2.36. The molecule has 1 atom stereocenters. The number of amides is 1. The quantitative estimate of drug-likeness (QED) is 0.656. The molecule has 1 unspecified atom stereocenters. The Balaban J connectivity index is 1.85. The molecule has 5 heteroatoms. The highest BCUT2D eigenvalue weighted by atomic mass is 32.2. The highest BCUT2D eigenvalue weighted by molar-refractivity contribution is 7.89. The summed E-state index contributed by atoms with van der Waals surface area (Å²) in [5.74, 6) is -0.600. The van der Waals surface area contributed by atoms with Gasteiger partial charge in [0.25, 0.3) is 10.0 Å². The number of carbonyl (C=O) groups is 1. The number of hydrogen-bond donors (Lipinski definition) is 0. The van der Waals surface area contributed by atoms with Gasteiger partial charge in [0.1, 0.15) is 0 Å². The van der Waals surface area contributed by atoms with E-state index >= 15 is 0 Å². The molecule has 4 rings (SSSR count). The van der Waals surface area contributed by atoms with Crippen LogP contribution in [-0.2, 0) is 21.2 Å². The van der Waals surface area contributed by atoms with Crippen LogP contribution < -0.4 is 0 Å². The fraction of sp³-hybridized carbons (Fsp3) is 0.208. The largest absolute Gasteiger partial charge is 0.273 e. The Bertz CT molecular complexity index is 1150. The number of benzene rings is 3. The summed E-state index contributed by atoms with van der Waals surface area (Å²) in [5, 5.41) is 0. The Morgan fingerprint density at radius 1 is 0.862 bits per heavy atom. The van der Waals surface area contributed by atoms with Gasteiger partial charge in [0, 0.05) is 12.5 Å². The van der Waals surface area contributed by atoms with Gasteiger partial charge in [-0.3, -0.25) is 4.79 Å². The van der Waals surface area contributed by atoms with Crippen molar-refractivity contribution in [3.05, 3.63) is 101 Å². The van der Waals surface area contributed by atoms with Gasteiger partial charge in [0.15, 0.2) is 0 Å². The van der Waals surface area contributed by atoms with Crippen LogP contribution in [0.1, 0.15) is 33.7 Å². The Morgan fingerprint density at radius 3 is 2.24 bits per heavy atom. The molecule has 0 radical (unpaired) electrons. The van der Waals surface area contributed by atoms with E-state index in [1.807, 2.05) is 62.4 Å². The molecule has 0 aliphatic carbocycles. The summed E-state index contributed by atoms with van der Waals surface area (Å²) in [6, 6.07) is 22.4. The van der Waals surface area contributed by atoms with Gasteiger partial charge in [0.05, 0.1) is 11.3 Å². The fourth-order valence-corrected chi connectivity index (χ4v) is 5.35. The van der Waals surface area contributed by atoms with Gasteiger partial charge in [0.2, 0.25) is 5.91 Å². The maximum Gasteiger partial charge on any atom is 0.266 e. The first-order valence-corrected chi connectivity index (χ1v) is 11.1. The molecule has 3 aromatic carbocycles. The minimum Gasteiger partial charge on any atom is -0.273 e. The molecular weight excluding hydrogens is 382 g/mol. The van der Waals surface area contributed by atoms with E-state index < -0.39 is 10.0 Å². The van der Waals surface area contributed by atoms with Crippen LogP contribution in [0, 0.1) is 13.8 Å². The molecule has 1 heterocycles. The van der Waals surface area contributed by atoms with Gasteiger partial charge < -0.3 is 0 Å². The molecule has 0 saturated heterocycles. The molecule has 29 heavy (non-hydrogen) atoms. The number of nitrogens with zero attached hydrogens (tertiary/aromatic N) is 1. The van der Waals surface area contributed by atoms with Crippen LogP contribution in [0.5, 0.6) is 0 Å². The van der Waals surface area contributed by atoms with Crippen molar-refractivity contribution in [3.63, 3.8) is 0 Å². The van der Waals surface area contributed by atoms with E-state index in [9.17, 15) is 13.2 Å². The van der Waals surface area contributed by atoms with E-state index in [-0.39, 0.29) is 29.7 Å². The van der Waals surface area contributed by atoms with Gasteiger partial charge in [-0.1, -0.05) is 66.2 Å². The molecule has 1 amide bonds. The number of fused-ring (bicyclic) bond motifs is 1. The number of sulfonamides is 1. The van der Waals surface area contributed by atoms with E-state index in [0.29, 0.717) is 0 Å². The molecule has 3 aromatic rings. The fourth-order valence-electron chi connectivity index (χ4n) is 3.94. The molecule has 148 valence electrons. The van der Waals surface area contributed by atoms with Gasteiger partial charge in [-0.2, -0.15) is 0 Å². The van der Waals surface area contributed by atoms with E-state index in [0.717, 1.165) is 32.1 Å². The van der Waals surface area contributed by atoms with E-state index in [4.69, 9.17) is 0 Å². The first kappa shape index (κ1) is 19.4. The van der Waals surface area contributed by atoms with Gasteiger partial charge >= 0.3 is 0 Å². The lowest BCUT2D eigenvalue weighted by Crippen LogP contribution is -2.39. The minimum absolute atomic E-state index is 0.0798. The van der Waals surface area contributed by atoms with Crippen LogP contribution in [0.25, 0.3) is 0 Å². The number of rotatable bonds is 3. The number of aryl methyl sites for hydroxylation is 2. The highest BCUT2D eigenvalue weighted by Crippen LogP contribution is 2.35. The van der Waals surface area contributed by atoms with Crippen molar-refractivity contribution >= 4 is 15.9 Å². The second kappa shape index (κ2) is 7.48. The minimum atomic E-state index is -3.94. The SMILES string of the molecule is Cc1ccc(S(=O)(=O)N2CC(c3ccccc3)c3cccc(C)c3CC2=O)cc1. The molecule has 1 aliphatic rings. The van der Waals surface area contributed by atoms with Crippen LogP contribution in [0.3, 0.4) is 0 Å². The summed E-state index contributed by atoms with van der Waals surface area (Å²) in [7, 11) is -3.94. The predicted molar refractivity (Wildman–Crippen MR) is 113 cm³/mol. The first-order valence-electron chi connectivity index (χ1n) is 9.63. The van der Waals surface area contributed by atoms with Crippen LogP contribution in [0.15, 0.2) is 77.7 Å². The monoisotopic (exact) mass is 405 g/mol. The molecule has 0 aromatic heterocycles. The van der Waals surface area contributed by atoms with Crippen molar-refractivity contribution in [3.8, 4) is 0 Å². The second-order valence-corrected chi connectivity index (χ2v) is 9.39. The van der Waals surface area contributed by atoms with Crippen LogP contribution in [0.4, 0.5) is 0 Å². The van der Waals surface area contributed by atoms with Crippen LogP contribution in [0.2, 0.25) is 0 Å². The summed E-state index contributed by atoms with van der Waals surface area (Å²) >= 11 is 0. The first-order chi connectivity index (χ1) is 13.9. The molecule has 0 bridgehead atoms. The van der Waals surface area contributed by atoms with Gasteiger partial charge in [-0.25, -0.2) is 12.7 Å². The Morgan fingerprint density at radius 2 is 1.55 bits per heavy atom. The zero-order valence-electron chi connectivity index (χ0n) is 16.5. The van der Waals surface area contributed by atoms with Crippen molar-refractivity contribution in [1.82, 2.24) is 4.31 Å². The van der Waals surface area contributed by atoms with E-state index in [1.165, 1.54) is 0 Å². The summed E-state index contributed by atoms with van der Waals surface area (Å²) in [4.78, 5) is 13.3. The van der Waals surface area contributed by atoms with E-state index in [2.05, 4.69) is 0 Å². The normalized spacial score (nSPS) is 17.0. The summed E-state index contributed by atoms with van der Waals surface area (Å²) in [6.07, 6.45) is 0.0798. The maximum absolute atomic E-state index is 13.4. The van der Waals surface area contributed by atoms with Crippen LogP contribution in [-0.4, -0.2) is 25.2 Å². The molecular formula is C24H23NO3S. The lowest BCUT2D eigenvalue weighted by atomic mass is 9.86. The molecule has 0 spiro atoms. The van der Waals surface area contributed by atoms with Crippen molar-refractivity contribution in [2.24, 2.45) is 0 Å². The Labute approximate surface area is 171 Å². The molecule has 0 saturated carbocycles. The smallest absolute Gasteiger partial charge is 0.266 e. The average molecular weight is 406 g/mol. The second-order valence-electron chi connectivity index (χ2n) is 7.53. The molecule has 4 nitrogen and oxygen atoms in total. The van der Waals surface area contributed by atoms with Gasteiger partial charge in [-0.15, -0.1) is 0 Å². The maximum atomic E-state index is 13.4. The number of carbonyl (C=O) groups excluding carboxylic acids is 1.